The number of nitrogens with zero attached hydrogens (tertiary/aromatic N) is 15. The van der Waals surface area contributed by atoms with Crippen LogP contribution in [-0.4, -0.2) is 157 Å². The van der Waals surface area contributed by atoms with Crippen molar-refractivity contribution in [2.45, 2.75) is 100 Å². The van der Waals surface area contributed by atoms with Gasteiger partial charge in [-0.15, -0.1) is 0 Å². The zero-order valence-electron chi connectivity index (χ0n) is 44.1. The molecule has 14 N–H and O–H groups in total. The summed E-state index contributed by atoms with van der Waals surface area (Å²) >= 11 is 0. The molecular weight excluding hydrogens is 1050 g/mol. The SMILES string of the molecule is C[C@H]1C[C@H](n2ccc3c(N)ncnc32)O[C@]1(C=NO)CO.C[C@H]1C[C@H](n2ccc3c(N)ncnc32)O[C@]1(C=O)CO.[C-]#[N+][C@]1(CO)O[C@@H](n2ccc3c(N)ncnc32)C[C@@H]1C.[C-]#[N+][C@]1(CO)O[C@@H](n2ccc3c(N)ncnc32)C[C@@H]1O. The van der Waals surface area contributed by atoms with E-state index in [0.29, 0.717) is 76.8 Å². The van der Waals surface area contributed by atoms with Gasteiger partial charge in [0, 0.05) is 37.6 Å². The van der Waals surface area contributed by atoms with Crippen LogP contribution in [0.1, 0.15) is 71.4 Å². The topological polar surface area (TPSA) is 423 Å². The Kier molecular flexibility index (Phi) is 16.1. The van der Waals surface area contributed by atoms with Crippen molar-refractivity contribution in [3.63, 3.8) is 0 Å². The fraction of sp³-hybridized carbons (Fsp3) is 0.451. The summed E-state index contributed by atoms with van der Waals surface area (Å²) in [6.07, 6.45) is 14.1. The number of nitrogen functional groups attached to an aromatic ring is 4. The molecule has 0 aromatic carbocycles. The Morgan fingerprint density at radius 1 is 0.543 bits per heavy atom. The maximum atomic E-state index is 11.3. The third-order valence-corrected chi connectivity index (χ3v) is 15.6. The van der Waals surface area contributed by atoms with Gasteiger partial charge in [0.1, 0.15) is 108 Å². The number of rotatable bonds is 10. The molecule has 0 unspecified atom stereocenters. The smallest absolute Gasteiger partial charge is 0.387 e. The summed E-state index contributed by atoms with van der Waals surface area (Å²) in [5.41, 5.74) is 20.9. The molecule has 0 amide bonds. The van der Waals surface area contributed by atoms with Gasteiger partial charge in [-0.25, -0.2) is 53.0 Å². The van der Waals surface area contributed by atoms with E-state index in [0.717, 1.165) is 16.2 Å². The first-order valence-corrected chi connectivity index (χ1v) is 25.5. The van der Waals surface area contributed by atoms with Gasteiger partial charge in [0.15, 0.2) is 24.6 Å². The average molecular weight is 1120 g/mol. The molecule has 4 aliphatic rings. The molecule has 81 heavy (non-hydrogen) atoms. The van der Waals surface area contributed by atoms with Crippen LogP contribution < -0.4 is 22.9 Å². The number of aliphatic hydroxyl groups excluding tert-OH is 5. The number of carbonyl (C=O) groups excluding carboxylic acids is 1. The Balaban J connectivity index is 0.000000130. The molecule has 8 aromatic heterocycles. The molecule has 0 saturated carbocycles. The van der Waals surface area contributed by atoms with Crippen LogP contribution in [0.15, 0.2) is 79.5 Å². The minimum Gasteiger partial charge on any atom is -0.411 e. The number of aromatic nitrogens is 12. The van der Waals surface area contributed by atoms with E-state index in [9.17, 15) is 30.3 Å². The first kappa shape index (κ1) is 57.1. The van der Waals surface area contributed by atoms with Crippen molar-refractivity contribution in [3.8, 4) is 0 Å². The third kappa shape index (κ3) is 10.1. The second-order valence-electron chi connectivity index (χ2n) is 20.1. The van der Waals surface area contributed by atoms with E-state index < -0.39 is 41.6 Å². The molecule has 12 atom stereocenters. The van der Waals surface area contributed by atoms with Crippen molar-refractivity contribution in [1.29, 1.82) is 0 Å². The number of anilines is 4. The van der Waals surface area contributed by atoms with Crippen LogP contribution in [0.25, 0.3) is 53.8 Å². The second-order valence-corrected chi connectivity index (χ2v) is 20.1. The maximum Gasteiger partial charge on any atom is 0.387 e. The highest BCUT2D eigenvalue weighted by atomic mass is 16.6. The van der Waals surface area contributed by atoms with Gasteiger partial charge in [-0.3, -0.25) is 19.2 Å². The number of hydrogen-bond donors (Lipinski definition) is 10. The maximum absolute atomic E-state index is 11.3. The number of nitrogens with two attached hydrogens (primary N) is 4. The number of carbonyl (C=O) groups is 1. The summed E-state index contributed by atoms with van der Waals surface area (Å²) < 4.78 is 30.3. The van der Waals surface area contributed by atoms with Gasteiger partial charge in [0.05, 0.1) is 46.9 Å². The number of oxime groups is 1. The highest BCUT2D eigenvalue weighted by molar-refractivity contribution is 5.88. The van der Waals surface area contributed by atoms with Crippen LogP contribution >= 0.6 is 0 Å². The molecule has 426 valence electrons. The zero-order valence-corrected chi connectivity index (χ0v) is 44.1. The van der Waals surface area contributed by atoms with Crippen molar-refractivity contribution in [3.05, 3.63) is 97.2 Å². The van der Waals surface area contributed by atoms with E-state index in [1.807, 2.05) is 71.3 Å². The lowest BCUT2D eigenvalue weighted by Gasteiger charge is -2.26. The summed E-state index contributed by atoms with van der Waals surface area (Å²) in [6.45, 7) is 18.7. The lowest BCUT2D eigenvalue weighted by molar-refractivity contribution is -0.144. The number of aldehydes is 1. The Morgan fingerprint density at radius 3 is 1.19 bits per heavy atom. The monoisotopic (exact) mass is 1120 g/mol. The first-order valence-electron chi connectivity index (χ1n) is 25.5. The molecule has 12 rings (SSSR count). The van der Waals surface area contributed by atoms with Crippen molar-refractivity contribution >= 4 is 79.9 Å². The average Bonchev–Trinajstić information content (AvgIpc) is 4.53. The van der Waals surface area contributed by atoms with Crippen molar-refractivity contribution < 1.29 is 54.5 Å². The van der Waals surface area contributed by atoms with Crippen LogP contribution in [0, 0.1) is 30.9 Å². The molecule has 0 radical (unpaired) electrons. The normalized spacial score (nSPS) is 29.7. The molecule has 30 nitrogen and oxygen atoms in total. The van der Waals surface area contributed by atoms with Crippen molar-refractivity contribution in [2.24, 2.45) is 22.9 Å². The minimum absolute atomic E-state index is 0.0139. The Labute approximate surface area is 460 Å². The molecule has 4 aliphatic heterocycles. The zero-order chi connectivity index (χ0) is 58.0. The first-order chi connectivity index (χ1) is 38.9. The van der Waals surface area contributed by atoms with E-state index >= 15 is 0 Å². The summed E-state index contributed by atoms with van der Waals surface area (Å²) in [4.78, 5) is 50.5. The fourth-order valence-electron chi connectivity index (χ4n) is 10.5. The number of hydrogen-bond acceptors (Lipinski definition) is 24. The van der Waals surface area contributed by atoms with E-state index in [1.165, 1.54) is 31.5 Å². The Morgan fingerprint density at radius 2 is 0.877 bits per heavy atom. The Bertz CT molecular complexity index is 3550. The van der Waals surface area contributed by atoms with Gasteiger partial charge in [-0.1, -0.05) is 25.9 Å². The second kappa shape index (κ2) is 22.9. The van der Waals surface area contributed by atoms with Gasteiger partial charge in [-0.05, 0) is 48.9 Å². The lowest BCUT2D eigenvalue weighted by atomic mass is 9.90. The lowest BCUT2D eigenvalue weighted by Crippen LogP contribution is -2.40. The number of aliphatic hydroxyl groups is 5. The summed E-state index contributed by atoms with van der Waals surface area (Å²) in [5, 5.41) is 62.6. The van der Waals surface area contributed by atoms with E-state index in [1.54, 1.807) is 16.8 Å². The molecule has 0 bridgehead atoms. The van der Waals surface area contributed by atoms with Gasteiger partial charge in [-0.2, -0.15) is 0 Å². The van der Waals surface area contributed by atoms with E-state index in [2.05, 4.69) is 54.7 Å². The highest BCUT2D eigenvalue weighted by Crippen LogP contribution is 2.45. The van der Waals surface area contributed by atoms with Gasteiger partial charge in [0.2, 0.25) is 0 Å². The molecule has 4 fully saturated rings. The molecule has 12 heterocycles. The molecule has 30 heteroatoms. The highest BCUT2D eigenvalue weighted by Gasteiger charge is 2.56. The van der Waals surface area contributed by atoms with E-state index in [-0.39, 0.29) is 62.7 Å². The predicted octanol–water partition coefficient (Wildman–Crippen LogP) is 2.34. The van der Waals surface area contributed by atoms with Crippen molar-refractivity contribution in [1.82, 2.24) is 58.1 Å². The van der Waals surface area contributed by atoms with Crippen LogP contribution in [0.5, 0.6) is 0 Å². The standard InChI is InChI=1S/C13H17N5O3.C13H15N5O2.C13H16N4O3.C12H13N5O3/c1-8-4-10(21-13(8,6-19)5-17-20)18-3-2-9-11(14)15-7-16-12(9)18;1-8-5-10(20-13(8,6-19)15-2)18-4-3-9-11(14)16-7-17-12(9)18;1-8-4-10(20-13(8,5-18)6-19)17-3-2-9-11(14)15-7-16-12(9)17;1-14-12(5-18)8(19)4-9(20-12)17-3-2-7-10(13)15-6-16-11(7)17/h2-3,5,7-8,10,19-20H,4,6H2,1H3,(H2,14,15,16);3-4,7-8,10,19H,5-6H2,1H3,(H2,14,16,17);2-3,5,7-8,10,19H,4,6H2,1H3,(H2,14,15,16);2-3,6,8-9,18-19H,4-5H2,(H2,13,15,16)/t3*8-,10+,13+;8-,9+,12+/m0000/s1. The Hall–Kier alpha value is -8.56. The third-order valence-electron chi connectivity index (χ3n) is 15.6. The number of ether oxygens (including phenoxy) is 4. The van der Waals surface area contributed by atoms with Gasteiger partial charge in [0.25, 0.3) is 0 Å². The van der Waals surface area contributed by atoms with Gasteiger partial charge >= 0.3 is 11.4 Å². The molecular formula is C51H61N19O11. The summed E-state index contributed by atoms with van der Waals surface area (Å²) in [5.74, 6) is 1.43. The molecule has 8 aromatic rings. The molecule has 0 spiro atoms. The summed E-state index contributed by atoms with van der Waals surface area (Å²) in [6, 6.07) is 7.23. The molecule has 4 saturated heterocycles. The fourth-order valence-corrected chi connectivity index (χ4v) is 10.5. The summed E-state index contributed by atoms with van der Waals surface area (Å²) in [7, 11) is 0. The van der Waals surface area contributed by atoms with Crippen LogP contribution in [-0.2, 0) is 23.7 Å². The van der Waals surface area contributed by atoms with Gasteiger partial charge < -0.3 is 86.2 Å². The van der Waals surface area contributed by atoms with Crippen LogP contribution in [0.3, 0.4) is 0 Å². The minimum atomic E-state index is -1.61. The quantitative estimate of drug-likeness (QED) is 0.0309. The van der Waals surface area contributed by atoms with Crippen LogP contribution in [0.4, 0.5) is 23.3 Å². The van der Waals surface area contributed by atoms with E-state index in [4.69, 9.17) is 60.2 Å². The molecule has 0 aliphatic carbocycles. The van der Waals surface area contributed by atoms with Crippen LogP contribution in [0.2, 0.25) is 0 Å². The predicted molar refractivity (Wildman–Crippen MR) is 289 cm³/mol. The largest absolute Gasteiger partial charge is 0.411 e. The number of fused-ring (bicyclic) bond motifs is 4. The van der Waals surface area contributed by atoms with Crippen molar-refractivity contribution in [2.75, 3.05) is 49.4 Å².